The van der Waals surface area contributed by atoms with Crippen LogP contribution in [0.25, 0.3) is 18.8 Å². The number of fused-ring (bicyclic) bond motifs is 3. The average Bonchev–Trinajstić information content (AvgIpc) is 2.99. The van der Waals surface area contributed by atoms with Crippen LogP contribution < -0.4 is 17.1 Å². The van der Waals surface area contributed by atoms with Crippen molar-refractivity contribution in [3.8, 4) is 11.5 Å². The van der Waals surface area contributed by atoms with E-state index in [4.69, 9.17) is 0 Å². The topological polar surface area (TPSA) is 46.5 Å². The Labute approximate surface area is 131 Å². The normalized spacial score (nSPS) is 11.4. The first-order valence-corrected chi connectivity index (χ1v) is 9.08. The second-order valence-corrected chi connectivity index (χ2v) is 9.26. The van der Waals surface area contributed by atoms with Gasteiger partial charge in [-0.1, -0.05) is 45.3 Å². The molecule has 0 atom stereocenters. The molecule has 2 aromatic heterocycles. The van der Waals surface area contributed by atoms with Gasteiger partial charge in [0.25, 0.3) is 0 Å². The van der Waals surface area contributed by atoms with Crippen LogP contribution in [0.15, 0.2) is 0 Å². The lowest BCUT2D eigenvalue weighted by atomic mass is 10.3. The third-order valence-corrected chi connectivity index (χ3v) is 8.74. The van der Waals surface area contributed by atoms with Gasteiger partial charge in [0.05, 0.1) is 18.8 Å². The second-order valence-electron chi connectivity index (χ2n) is 4.74. The summed E-state index contributed by atoms with van der Waals surface area (Å²) in [4.78, 5) is 0. The van der Waals surface area contributed by atoms with Crippen LogP contribution in [-0.2, 0) is 0 Å². The minimum Gasteiger partial charge on any atom is -0.503 e. The lowest BCUT2D eigenvalue weighted by Crippen LogP contribution is -2.14. The SMILES string of the molecule is C[N+](C)=c1sc2c(O)c(O)c3sc(=[N+](C)C)sc3c2s1. The first-order chi connectivity index (χ1) is 9.40. The second kappa shape index (κ2) is 4.80. The van der Waals surface area contributed by atoms with Crippen LogP contribution in [0.4, 0.5) is 0 Å². The highest BCUT2D eigenvalue weighted by Crippen LogP contribution is 2.46. The molecule has 0 spiro atoms. The molecule has 0 saturated carbocycles. The van der Waals surface area contributed by atoms with Crippen LogP contribution in [0.3, 0.4) is 0 Å². The van der Waals surface area contributed by atoms with Gasteiger partial charge in [0.2, 0.25) is 0 Å². The van der Waals surface area contributed by atoms with E-state index in [0.717, 1.165) is 26.8 Å². The highest BCUT2D eigenvalue weighted by molar-refractivity contribution is 7.42. The van der Waals surface area contributed by atoms with Gasteiger partial charge in [-0.15, -0.1) is 0 Å². The predicted octanol–water partition coefficient (Wildman–Crippen LogP) is 1.71. The predicted molar refractivity (Wildman–Crippen MR) is 90.5 cm³/mol. The van der Waals surface area contributed by atoms with Gasteiger partial charge >= 0.3 is 7.97 Å². The van der Waals surface area contributed by atoms with Crippen LogP contribution in [0.1, 0.15) is 0 Å². The summed E-state index contributed by atoms with van der Waals surface area (Å²) in [6.07, 6.45) is 0. The van der Waals surface area contributed by atoms with Crippen molar-refractivity contribution >= 4 is 64.1 Å². The zero-order chi connectivity index (χ0) is 14.6. The molecule has 0 amide bonds. The van der Waals surface area contributed by atoms with E-state index in [-0.39, 0.29) is 11.5 Å². The van der Waals surface area contributed by atoms with Gasteiger partial charge in [0.1, 0.15) is 28.2 Å². The van der Waals surface area contributed by atoms with E-state index in [0.29, 0.717) is 0 Å². The molecule has 8 heteroatoms. The third kappa shape index (κ3) is 1.98. The Hall–Kier alpha value is -0.960. The summed E-state index contributed by atoms with van der Waals surface area (Å²) in [5, 5.41) is 20.5. The summed E-state index contributed by atoms with van der Waals surface area (Å²) >= 11 is 6.33. The summed E-state index contributed by atoms with van der Waals surface area (Å²) in [5.41, 5.74) is 0. The molecular weight excluding hydrogens is 332 g/mol. The van der Waals surface area contributed by atoms with Gasteiger partial charge in [-0.3, -0.25) is 0 Å². The number of hydrogen-bond acceptors (Lipinski definition) is 6. The van der Waals surface area contributed by atoms with Gasteiger partial charge in [0.15, 0.2) is 11.5 Å². The molecule has 2 N–H and O–H groups in total. The molecule has 0 aliphatic heterocycles. The molecule has 0 aliphatic rings. The van der Waals surface area contributed by atoms with Crippen molar-refractivity contribution in [1.82, 2.24) is 9.15 Å². The first kappa shape index (κ1) is 14.0. The molecule has 0 unspecified atom stereocenters. The number of phenolic OH excluding ortho intramolecular Hbond substituents is 2. The van der Waals surface area contributed by atoms with Crippen molar-refractivity contribution in [1.29, 1.82) is 0 Å². The van der Waals surface area contributed by atoms with Crippen molar-refractivity contribution < 1.29 is 10.2 Å². The Bertz CT molecular complexity index is 884. The molecule has 0 saturated heterocycles. The molecule has 106 valence electrons. The lowest BCUT2D eigenvalue weighted by Gasteiger charge is -1.98. The zero-order valence-corrected chi connectivity index (χ0v) is 14.7. The summed E-state index contributed by atoms with van der Waals surface area (Å²) in [7, 11) is 7.93. The highest BCUT2D eigenvalue weighted by Gasteiger charge is 2.21. The fraction of sp³-hybridized carbons (Fsp3) is 0.333. The number of hydrogen-bond donors (Lipinski definition) is 2. The van der Waals surface area contributed by atoms with Crippen LogP contribution in [0.5, 0.6) is 11.5 Å². The lowest BCUT2D eigenvalue weighted by molar-refractivity contribution is 0.414. The monoisotopic (exact) mass is 346 g/mol. The third-order valence-electron chi connectivity index (χ3n) is 2.76. The Kier molecular flexibility index (Phi) is 3.36. The van der Waals surface area contributed by atoms with Crippen LogP contribution in [-0.4, -0.2) is 38.4 Å². The van der Waals surface area contributed by atoms with Gasteiger partial charge in [0, 0.05) is 0 Å². The molecule has 20 heavy (non-hydrogen) atoms. The van der Waals surface area contributed by atoms with Crippen LogP contribution >= 0.6 is 45.3 Å². The Morgan fingerprint density at radius 3 is 1.20 bits per heavy atom. The maximum absolute atomic E-state index is 10.2. The number of rotatable bonds is 0. The van der Waals surface area contributed by atoms with Crippen molar-refractivity contribution in [3.63, 3.8) is 0 Å². The minimum atomic E-state index is 0.00112. The molecule has 0 radical (unpaired) electrons. The molecule has 3 rings (SSSR count). The number of phenols is 2. The van der Waals surface area contributed by atoms with E-state index in [9.17, 15) is 10.2 Å². The highest BCUT2D eigenvalue weighted by atomic mass is 32.2. The van der Waals surface area contributed by atoms with Gasteiger partial charge in [-0.05, 0) is 0 Å². The van der Waals surface area contributed by atoms with E-state index in [2.05, 4.69) is 0 Å². The Balaban J connectivity index is 2.65. The Morgan fingerprint density at radius 2 is 0.900 bits per heavy atom. The van der Waals surface area contributed by atoms with E-state index < -0.39 is 0 Å². The summed E-state index contributed by atoms with van der Waals surface area (Å²) in [6.45, 7) is 0. The number of benzene rings is 1. The molecule has 1 aromatic carbocycles. The largest absolute Gasteiger partial charge is 0.503 e. The molecule has 0 bridgehead atoms. The van der Waals surface area contributed by atoms with Crippen molar-refractivity contribution in [3.05, 3.63) is 7.97 Å². The van der Waals surface area contributed by atoms with E-state index in [1.165, 1.54) is 22.7 Å². The average molecular weight is 347 g/mol. The fourth-order valence-corrected chi connectivity index (χ4v) is 6.95. The smallest absolute Gasteiger partial charge is 0.314 e. The number of nitrogens with zero attached hydrogens (tertiary/aromatic N) is 2. The van der Waals surface area contributed by atoms with E-state index >= 15 is 0 Å². The quantitative estimate of drug-likeness (QED) is 0.481. The summed E-state index contributed by atoms with van der Waals surface area (Å²) in [6, 6.07) is 0. The van der Waals surface area contributed by atoms with E-state index in [1.54, 1.807) is 22.7 Å². The number of aromatic hydroxyl groups is 2. The molecule has 0 fully saturated rings. The Morgan fingerprint density at radius 1 is 0.600 bits per heavy atom. The minimum absolute atomic E-state index is 0.00112. The van der Waals surface area contributed by atoms with E-state index in [1.807, 2.05) is 37.3 Å². The molecular formula is C12H14N2O2S4+2. The maximum Gasteiger partial charge on any atom is 0.314 e. The standard InChI is InChI=1S/C12H12N2O2S4/c1-13(2)11-17-7-5(15)6(16)8-10(9(7)19-11)20-12(18-8)14(3)4/h1-4H3/p+2. The van der Waals surface area contributed by atoms with Gasteiger partial charge in [-0.25, -0.2) is 9.15 Å². The fourth-order valence-electron chi connectivity index (χ4n) is 1.77. The van der Waals surface area contributed by atoms with Gasteiger partial charge < -0.3 is 10.2 Å². The summed E-state index contributed by atoms with van der Waals surface area (Å²) in [5.74, 6) is 0.00223. The van der Waals surface area contributed by atoms with Crippen LogP contribution in [0, 0.1) is 0 Å². The molecule has 3 aromatic rings. The van der Waals surface area contributed by atoms with Gasteiger partial charge in [-0.2, -0.15) is 0 Å². The van der Waals surface area contributed by atoms with Crippen molar-refractivity contribution in [2.24, 2.45) is 0 Å². The summed E-state index contributed by atoms with van der Waals surface area (Å²) < 4.78 is 9.91. The molecule has 0 aliphatic carbocycles. The molecule has 2 heterocycles. The van der Waals surface area contributed by atoms with Crippen molar-refractivity contribution in [2.75, 3.05) is 28.2 Å². The van der Waals surface area contributed by atoms with Crippen LogP contribution in [0.2, 0.25) is 0 Å². The van der Waals surface area contributed by atoms with Crippen molar-refractivity contribution in [2.45, 2.75) is 0 Å². The zero-order valence-electron chi connectivity index (χ0n) is 11.4. The molecule has 4 nitrogen and oxygen atoms in total. The maximum atomic E-state index is 10.2. The first-order valence-electron chi connectivity index (χ1n) is 5.82.